The zero-order chi connectivity index (χ0) is 13.1. The summed E-state index contributed by atoms with van der Waals surface area (Å²) in [4.78, 5) is 10.2. The van der Waals surface area contributed by atoms with Gasteiger partial charge in [0.2, 0.25) is 0 Å². The van der Waals surface area contributed by atoms with Crippen LogP contribution in [0.25, 0.3) is 0 Å². The van der Waals surface area contributed by atoms with E-state index in [0.717, 1.165) is 0 Å². The van der Waals surface area contributed by atoms with Gasteiger partial charge >= 0.3 is 24.1 Å². The summed E-state index contributed by atoms with van der Waals surface area (Å²) in [6.07, 6.45) is -9.32. The van der Waals surface area contributed by atoms with E-state index in [2.05, 4.69) is 4.74 Å². The fourth-order valence-corrected chi connectivity index (χ4v) is 0.430. The first-order valence-corrected chi connectivity index (χ1v) is 3.31. The predicted molar refractivity (Wildman–Crippen MR) is 32.3 cm³/mol. The van der Waals surface area contributed by atoms with Gasteiger partial charge in [-0.3, -0.25) is 0 Å². The van der Waals surface area contributed by atoms with Crippen LogP contribution >= 0.6 is 0 Å². The van der Waals surface area contributed by atoms with E-state index in [1.165, 1.54) is 0 Å². The number of rotatable bonds is 3. The Kier molecular flexibility index (Phi) is 4.27. The van der Waals surface area contributed by atoms with Gasteiger partial charge in [-0.15, -0.1) is 0 Å². The molecule has 0 rings (SSSR count). The summed E-state index contributed by atoms with van der Waals surface area (Å²) in [5.74, 6) is -11.1. The van der Waals surface area contributed by atoms with Gasteiger partial charge in [0.1, 0.15) is 0 Å². The Balaban J connectivity index is 4.97. The lowest BCUT2D eigenvalue weighted by atomic mass is 10.3. The molecule has 0 amide bonds. The Morgan fingerprint density at radius 2 is 1.50 bits per heavy atom. The molecule has 0 saturated carbocycles. The van der Waals surface area contributed by atoms with Crippen molar-refractivity contribution in [1.82, 2.24) is 0 Å². The van der Waals surface area contributed by atoms with Gasteiger partial charge in [0.05, 0.1) is 0 Å². The van der Waals surface area contributed by atoms with Crippen LogP contribution in [0.1, 0.15) is 0 Å². The Bertz CT molecular complexity index is 304. The third-order valence-electron chi connectivity index (χ3n) is 1.19. The molecule has 0 aromatic carbocycles. The smallest absolute Gasteiger partial charge is 0.412 e. The van der Waals surface area contributed by atoms with E-state index < -0.39 is 36.6 Å². The second-order valence-corrected chi connectivity index (χ2v) is 2.32. The van der Waals surface area contributed by atoms with E-state index in [1.54, 1.807) is 0 Å². The maximum Gasteiger partial charge on any atom is 0.463 e. The minimum absolute atomic E-state index is 2.66. The highest BCUT2D eigenvalue weighted by Gasteiger charge is 2.60. The quantitative estimate of drug-likeness (QED) is 0.442. The van der Waals surface area contributed by atoms with E-state index in [9.17, 15) is 39.9 Å². The van der Waals surface area contributed by atoms with Crippen molar-refractivity contribution in [3.8, 4) is 0 Å². The zero-order valence-corrected chi connectivity index (χ0v) is 7.05. The van der Waals surface area contributed by atoms with Crippen LogP contribution < -0.4 is 0 Å². The van der Waals surface area contributed by atoms with Crippen molar-refractivity contribution in [3.05, 3.63) is 11.9 Å². The fraction of sp³-hybridized carbons (Fsp3) is 0.500. The Morgan fingerprint density at radius 1 is 1.06 bits per heavy atom. The van der Waals surface area contributed by atoms with Crippen LogP contribution in [0.3, 0.4) is 0 Å². The maximum absolute atomic E-state index is 12.5. The third kappa shape index (κ3) is 3.07. The molecule has 2 nitrogen and oxygen atoms in total. The molecule has 1 atom stereocenters. The van der Waals surface area contributed by atoms with Gasteiger partial charge in [0.15, 0.2) is 6.67 Å². The number of halogens is 8. The summed E-state index contributed by atoms with van der Waals surface area (Å²) >= 11 is 0. The molecule has 0 aromatic rings. The first-order chi connectivity index (χ1) is 7.05. The molecule has 16 heavy (non-hydrogen) atoms. The first kappa shape index (κ1) is 14.7. The average molecular weight is 258 g/mol. The minimum Gasteiger partial charge on any atom is -0.412 e. The van der Waals surface area contributed by atoms with Crippen LogP contribution in [-0.2, 0) is 9.53 Å². The van der Waals surface area contributed by atoms with Crippen molar-refractivity contribution < 1.29 is 44.7 Å². The molecule has 0 aliphatic rings. The van der Waals surface area contributed by atoms with Crippen LogP contribution in [0.4, 0.5) is 35.1 Å². The molecule has 0 N–H and O–H groups in total. The van der Waals surface area contributed by atoms with Crippen LogP contribution in [-0.4, -0.2) is 24.7 Å². The van der Waals surface area contributed by atoms with Crippen molar-refractivity contribution in [3.63, 3.8) is 0 Å². The molecule has 0 aliphatic carbocycles. The van der Waals surface area contributed by atoms with Crippen LogP contribution in [0.5, 0.6) is 0 Å². The molecule has 0 spiro atoms. The van der Waals surface area contributed by atoms with E-state index in [-0.39, 0.29) is 0 Å². The fourth-order valence-electron chi connectivity index (χ4n) is 0.430. The van der Waals surface area contributed by atoms with Gasteiger partial charge in [0.25, 0.3) is 5.83 Å². The number of carbonyl (C=O) groups is 1. The topological polar surface area (TPSA) is 26.3 Å². The molecule has 0 saturated heterocycles. The number of alkyl halides is 5. The first-order valence-electron chi connectivity index (χ1n) is 3.31. The van der Waals surface area contributed by atoms with Crippen molar-refractivity contribution in [2.45, 2.75) is 12.0 Å². The Morgan fingerprint density at radius 3 is 1.75 bits per heavy atom. The lowest BCUT2D eigenvalue weighted by Gasteiger charge is -2.23. The van der Waals surface area contributed by atoms with Gasteiger partial charge in [-0.05, 0) is 0 Å². The summed E-state index contributed by atoms with van der Waals surface area (Å²) in [5.41, 5.74) is 0. The highest BCUT2D eigenvalue weighted by molar-refractivity contribution is 5.86. The van der Waals surface area contributed by atoms with Gasteiger partial charge in [0, 0.05) is 0 Å². The maximum atomic E-state index is 12.5. The van der Waals surface area contributed by atoms with Crippen molar-refractivity contribution in [2.75, 3.05) is 6.67 Å². The Labute approximate surface area is 82.5 Å². The largest absolute Gasteiger partial charge is 0.463 e. The standard InChI is InChI=1S/C6H2F8O2/c7-1-5(11,6(12,13)14)16-4(15)2(8)3(9)10/h1H2. The molecule has 1 unspecified atom stereocenters. The van der Waals surface area contributed by atoms with Crippen molar-refractivity contribution in [1.29, 1.82) is 0 Å². The predicted octanol–water partition coefficient (Wildman–Crippen LogP) is 2.80. The summed E-state index contributed by atoms with van der Waals surface area (Å²) in [7, 11) is 0. The SMILES string of the molecule is O=C(OC(F)(CF)C(F)(F)F)C(F)=C(F)F. The monoisotopic (exact) mass is 258 g/mol. The molecular formula is C6H2F8O2. The second-order valence-electron chi connectivity index (χ2n) is 2.32. The summed E-state index contributed by atoms with van der Waals surface area (Å²) in [5, 5.41) is 0. The number of hydrogen-bond acceptors (Lipinski definition) is 2. The van der Waals surface area contributed by atoms with Gasteiger partial charge < -0.3 is 4.74 Å². The van der Waals surface area contributed by atoms with E-state index in [4.69, 9.17) is 0 Å². The number of ether oxygens (including phenoxy) is 1. The van der Waals surface area contributed by atoms with Crippen molar-refractivity contribution in [2.24, 2.45) is 0 Å². The lowest BCUT2D eigenvalue weighted by Crippen LogP contribution is -2.47. The molecule has 0 aliphatic heterocycles. The molecule has 0 heterocycles. The molecule has 0 fully saturated rings. The normalized spacial score (nSPS) is 15.2. The van der Waals surface area contributed by atoms with Gasteiger partial charge in [-0.2, -0.15) is 30.7 Å². The van der Waals surface area contributed by atoms with Gasteiger partial charge in [-0.25, -0.2) is 9.18 Å². The van der Waals surface area contributed by atoms with Gasteiger partial charge in [-0.1, -0.05) is 0 Å². The second kappa shape index (κ2) is 4.66. The summed E-state index contributed by atoms with van der Waals surface area (Å²) in [6.45, 7) is -2.89. The Hall–Kier alpha value is -1.35. The molecule has 0 bridgehead atoms. The van der Waals surface area contributed by atoms with Crippen molar-refractivity contribution >= 4 is 5.97 Å². The third-order valence-corrected chi connectivity index (χ3v) is 1.19. The van der Waals surface area contributed by atoms with E-state index in [1.807, 2.05) is 0 Å². The molecular weight excluding hydrogens is 256 g/mol. The highest BCUT2D eigenvalue weighted by atomic mass is 19.4. The molecule has 0 aromatic heterocycles. The molecule has 10 heteroatoms. The highest BCUT2D eigenvalue weighted by Crippen LogP contribution is 2.36. The number of esters is 1. The number of carbonyl (C=O) groups excluding carboxylic acids is 1. The lowest BCUT2D eigenvalue weighted by molar-refractivity contribution is -0.323. The minimum atomic E-state index is -6.01. The molecule has 94 valence electrons. The van der Waals surface area contributed by atoms with Crippen LogP contribution in [0, 0.1) is 0 Å². The van der Waals surface area contributed by atoms with Crippen LogP contribution in [0.2, 0.25) is 0 Å². The van der Waals surface area contributed by atoms with E-state index in [0.29, 0.717) is 0 Å². The van der Waals surface area contributed by atoms with E-state index >= 15 is 0 Å². The van der Waals surface area contributed by atoms with Crippen LogP contribution in [0.15, 0.2) is 11.9 Å². The summed E-state index contributed by atoms with van der Waals surface area (Å²) < 4.78 is 96.7. The summed E-state index contributed by atoms with van der Waals surface area (Å²) in [6, 6.07) is 0. The number of hydrogen-bond donors (Lipinski definition) is 0. The molecule has 0 radical (unpaired) electrons. The zero-order valence-electron chi connectivity index (χ0n) is 7.05. The average Bonchev–Trinajstić information content (AvgIpc) is 2.14.